The second kappa shape index (κ2) is 7.13. The standard InChI is InChI=1S/C20H23N3O2S2/c1-14-9-10-15(2)17(12-14)22-27(24,25)19-13-23(16-6-3-4-7-16)21-20(19)18-8-5-11-26-18/h5,8-13,16,22H,3-4,6-7H2,1-2H3. The third-order valence-corrected chi connectivity index (χ3v) is 7.32. The van der Waals surface area contributed by atoms with Crippen LogP contribution in [0.3, 0.4) is 0 Å². The van der Waals surface area contributed by atoms with Gasteiger partial charge < -0.3 is 0 Å². The lowest BCUT2D eigenvalue weighted by Crippen LogP contribution is -2.14. The van der Waals surface area contributed by atoms with E-state index in [1.807, 2.05) is 54.2 Å². The average Bonchev–Trinajstić information content (AvgIpc) is 3.38. The first-order valence-corrected chi connectivity index (χ1v) is 11.5. The van der Waals surface area contributed by atoms with Crippen LogP contribution in [0.2, 0.25) is 0 Å². The zero-order chi connectivity index (χ0) is 19.0. The molecule has 0 amide bonds. The average molecular weight is 402 g/mol. The van der Waals surface area contributed by atoms with Crippen LogP contribution in [0.15, 0.2) is 46.8 Å². The molecule has 142 valence electrons. The predicted molar refractivity (Wildman–Crippen MR) is 110 cm³/mol. The van der Waals surface area contributed by atoms with Gasteiger partial charge in [0, 0.05) is 6.20 Å². The molecule has 0 aliphatic heterocycles. The van der Waals surface area contributed by atoms with Gasteiger partial charge in [-0.2, -0.15) is 5.10 Å². The summed E-state index contributed by atoms with van der Waals surface area (Å²) in [5.74, 6) is 0. The smallest absolute Gasteiger partial charge is 0.265 e. The zero-order valence-corrected chi connectivity index (χ0v) is 17.1. The number of aryl methyl sites for hydroxylation is 2. The fraction of sp³-hybridized carbons (Fsp3) is 0.350. The number of anilines is 1. The molecule has 7 heteroatoms. The zero-order valence-electron chi connectivity index (χ0n) is 15.5. The van der Waals surface area contributed by atoms with Crippen LogP contribution in [0.1, 0.15) is 42.9 Å². The molecule has 1 aliphatic rings. The van der Waals surface area contributed by atoms with Gasteiger partial charge in [0.2, 0.25) is 0 Å². The molecule has 3 aromatic rings. The fourth-order valence-corrected chi connectivity index (χ4v) is 5.62. The van der Waals surface area contributed by atoms with Crippen molar-refractivity contribution in [3.8, 4) is 10.6 Å². The monoisotopic (exact) mass is 401 g/mol. The van der Waals surface area contributed by atoms with Gasteiger partial charge in [-0.15, -0.1) is 11.3 Å². The van der Waals surface area contributed by atoms with E-state index in [0.29, 0.717) is 11.4 Å². The van der Waals surface area contributed by atoms with Crippen molar-refractivity contribution in [3.05, 3.63) is 53.0 Å². The van der Waals surface area contributed by atoms with Crippen LogP contribution >= 0.6 is 11.3 Å². The summed E-state index contributed by atoms with van der Waals surface area (Å²) in [4.78, 5) is 1.12. The Morgan fingerprint density at radius 3 is 2.67 bits per heavy atom. The van der Waals surface area contributed by atoms with Gasteiger partial charge in [0.25, 0.3) is 10.0 Å². The molecule has 2 heterocycles. The van der Waals surface area contributed by atoms with Crippen LogP contribution < -0.4 is 4.72 Å². The van der Waals surface area contributed by atoms with E-state index in [2.05, 4.69) is 4.72 Å². The number of sulfonamides is 1. The highest BCUT2D eigenvalue weighted by molar-refractivity contribution is 7.92. The van der Waals surface area contributed by atoms with Gasteiger partial charge in [-0.05, 0) is 55.3 Å². The molecular formula is C20H23N3O2S2. The van der Waals surface area contributed by atoms with Crippen LogP contribution in [0.25, 0.3) is 10.6 Å². The van der Waals surface area contributed by atoms with Crippen molar-refractivity contribution in [2.24, 2.45) is 0 Å². The van der Waals surface area contributed by atoms with Gasteiger partial charge >= 0.3 is 0 Å². The number of nitrogens with zero attached hydrogens (tertiary/aromatic N) is 2. The molecular weight excluding hydrogens is 378 g/mol. The van der Waals surface area contributed by atoms with Gasteiger partial charge in [-0.3, -0.25) is 9.40 Å². The Labute approximate surface area is 164 Å². The SMILES string of the molecule is Cc1ccc(C)c(NS(=O)(=O)c2cn(C3CCCC3)nc2-c2cccs2)c1. The van der Waals surface area contributed by atoms with Gasteiger partial charge in [0.15, 0.2) is 0 Å². The number of hydrogen-bond acceptors (Lipinski definition) is 4. The second-order valence-electron chi connectivity index (χ2n) is 7.16. The van der Waals surface area contributed by atoms with E-state index in [4.69, 9.17) is 5.10 Å². The predicted octanol–water partition coefficient (Wildman–Crippen LogP) is 5.14. The number of benzene rings is 1. The molecule has 0 spiro atoms. The van der Waals surface area contributed by atoms with E-state index in [1.165, 1.54) is 24.2 Å². The molecule has 0 atom stereocenters. The highest BCUT2D eigenvalue weighted by Gasteiger charge is 2.28. The minimum atomic E-state index is -3.74. The quantitative estimate of drug-likeness (QED) is 0.643. The molecule has 2 aromatic heterocycles. The molecule has 0 saturated heterocycles. The van der Waals surface area contributed by atoms with E-state index in [9.17, 15) is 8.42 Å². The third kappa shape index (κ3) is 3.66. The molecule has 0 radical (unpaired) electrons. The van der Waals surface area contributed by atoms with Gasteiger partial charge in [-0.25, -0.2) is 8.42 Å². The Hall–Kier alpha value is -2.12. The summed E-state index contributed by atoms with van der Waals surface area (Å²) in [7, 11) is -3.74. The first-order chi connectivity index (χ1) is 12.9. The highest BCUT2D eigenvalue weighted by Crippen LogP contribution is 2.35. The number of rotatable bonds is 5. The number of aromatic nitrogens is 2. The molecule has 27 heavy (non-hydrogen) atoms. The molecule has 0 unspecified atom stereocenters. The van der Waals surface area contributed by atoms with Gasteiger partial charge in [0.1, 0.15) is 10.6 Å². The van der Waals surface area contributed by atoms with Crippen molar-refractivity contribution in [1.82, 2.24) is 9.78 Å². The molecule has 1 N–H and O–H groups in total. The molecule has 1 aliphatic carbocycles. The Kier molecular flexibility index (Phi) is 4.82. The minimum absolute atomic E-state index is 0.248. The van der Waals surface area contributed by atoms with Crippen molar-refractivity contribution in [2.75, 3.05) is 4.72 Å². The highest BCUT2D eigenvalue weighted by atomic mass is 32.2. The van der Waals surface area contributed by atoms with Crippen LogP contribution in [0, 0.1) is 13.8 Å². The Balaban J connectivity index is 1.77. The summed E-state index contributed by atoms with van der Waals surface area (Å²) >= 11 is 1.51. The van der Waals surface area contributed by atoms with Crippen LogP contribution in [-0.4, -0.2) is 18.2 Å². The summed E-state index contributed by atoms with van der Waals surface area (Å²) in [6.07, 6.45) is 6.15. The Bertz CT molecular complexity index is 1050. The van der Waals surface area contributed by atoms with E-state index < -0.39 is 10.0 Å². The molecule has 4 rings (SSSR count). The van der Waals surface area contributed by atoms with E-state index in [0.717, 1.165) is 28.8 Å². The van der Waals surface area contributed by atoms with Gasteiger partial charge in [-0.1, -0.05) is 31.0 Å². The molecule has 1 aromatic carbocycles. The molecule has 0 bridgehead atoms. The van der Waals surface area contributed by atoms with Crippen LogP contribution in [0.5, 0.6) is 0 Å². The Morgan fingerprint density at radius 2 is 1.96 bits per heavy atom. The first kappa shape index (κ1) is 18.3. The van der Waals surface area contributed by atoms with Crippen molar-refractivity contribution < 1.29 is 8.42 Å². The number of nitrogens with one attached hydrogen (secondary N) is 1. The number of hydrogen-bond donors (Lipinski definition) is 1. The van der Waals surface area contributed by atoms with E-state index >= 15 is 0 Å². The lowest BCUT2D eigenvalue weighted by Gasteiger charge is -2.11. The minimum Gasteiger partial charge on any atom is -0.279 e. The first-order valence-electron chi connectivity index (χ1n) is 9.17. The van der Waals surface area contributed by atoms with Crippen molar-refractivity contribution in [2.45, 2.75) is 50.5 Å². The maximum atomic E-state index is 13.2. The summed E-state index contributed by atoms with van der Waals surface area (Å²) in [6.45, 7) is 3.85. The summed E-state index contributed by atoms with van der Waals surface area (Å²) in [6, 6.07) is 9.89. The summed E-state index contributed by atoms with van der Waals surface area (Å²) in [5.41, 5.74) is 3.05. The maximum absolute atomic E-state index is 13.2. The topological polar surface area (TPSA) is 64.0 Å². The number of thiophene rings is 1. The third-order valence-electron chi connectivity index (χ3n) is 5.08. The van der Waals surface area contributed by atoms with Crippen molar-refractivity contribution in [3.63, 3.8) is 0 Å². The second-order valence-corrected chi connectivity index (χ2v) is 9.76. The van der Waals surface area contributed by atoms with E-state index in [1.54, 1.807) is 6.20 Å². The largest absolute Gasteiger partial charge is 0.279 e. The van der Waals surface area contributed by atoms with Crippen molar-refractivity contribution >= 4 is 27.0 Å². The fourth-order valence-electron chi connectivity index (χ4n) is 3.56. The van der Waals surface area contributed by atoms with Crippen LogP contribution in [0.4, 0.5) is 5.69 Å². The summed E-state index contributed by atoms with van der Waals surface area (Å²) < 4.78 is 31.1. The Morgan fingerprint density at radius 1 is 1.19 bits per heavy atom. The summed E-state index contributed by atoms with van der Waals surface area (Å²) in [5, 5.41) is 6.63. The van der Waals surface area contributed by atoms with Gasteiger partial charge in [0.05, 0.1) is 16.6 Å². The lowest BCUT2D eigenvalue weighted by atomic mass is 10.1. The molecule has 1 saturated carbocycles. The lowest BCUT2D eigenvalue weighted by molar-refractivity contribution is 0.467. The normalized spacial score (nSPS) is 15.3. The molecule has 5 nitrogen and oxygen atoms in total. The van der Waals surface area contributed by atoms with Crippen molar-refractivity contribution in [1.29, 1.82) is 0 Å². The maximum Gasteiger partial charge on any atom is 0.265 e. The van der Waals surface area contributed by atoms with Crippen LogP contribution in [-0.2, 0) is 10.0 Å². The molecule has 1 fully saturated rings. The van der Waals surface area contributed by atoms with E-state index in [-0.39, 0.29) is 10.9 Å².